The molecule has 0 aliphatic rings. The van der Waals surface area contributed by atoms with Crippen LogP contribution in [0.2, 0.25) is 0 Å². The maximum atomic E-state index is 2.43. The molecule has 0 unspecified atom stereocenters. The highest BCUT2D eigenvalue weighted by Crippen LogP contribution is 2.46. The first-order valence-electron chi connectivity index (χ1n) is 20.3. The zero-order valence-corrected chi connectivity index (χ0v) is 32.5. The average molecular weight is 750 g/mol. The Labute approximate surface area is 344 Å². The maximum Gasteiger partial charge on any atom is 0.0474 e. The molecular formula is C58H39N. The molecule has 0 fully saturated rings. The van der Waals surface area contributed by atoms with Gasteiger partial charge >= 0.3 is 0 Å². The van der Waals surface area contributed by atoms with E-state index in [1.54, 1.807) is 0 Å². The smallest absolute Gasteiger partial charge is 0.0474 e. The van der Waals surface area contributed by atoms with Crippen LogP contribution in [0.15, 0.2) is 237 Å². The van der Waals surface area contributed by atoms with Crippen LogP contribution in [0.4, 0.5) is 17.1 Å². The van der Waals surface area contributed by atoms with E-state index in [2.05, 4.69) is 241 Å². The Morgan fingerprint density at radius 1 is 0.203 bits per heavy atom. The average Bonchev–Trinajstić information content (AvgIpc) is 3.32. The van der Waals surface area contributed by atoms with Crippen molar-refractivity contribution in [3.05, 3.63) is 237 Å². The van der Waals surface area contributed by atoms with Gasteiger partial charge in [-0.25, -0.2) is 0 Å². The van der Waals surface area contributed by atoms with Crippen molar-refractivity contribution in [2.75, 3.05) is 4.90 Å². The van der Waals surface area contributed by atoms with Crippen LogP contribution in [0, 0.1) is 0 Å². The Morgan fingerprint density at radius 3 is 1.47 bits per heavy atom. The SMILES string of the molecule is c1ccc(-c2ccc(N(c3ccc(-c4cc5ccccc5c5ccccc45)c(-c4ccc5ccccc5c4)c3)c3cc(-c4ccccc4)c4ccccc4c3)cc2)cc1. The monoisotopic (exact) mass is 749 g/mol. The van der Waals surface area contributed by atoms with Gasteiger partial charge in [-0.05, 0) is 136 Å². The fourth-order valence-corrected chi connectivity index (χ4v) is 8.94. The van der Waals surface area contributed by atoms with E-state index in [4.69, 9.17) is 0 Å². The molecule has 0 aliphatic carbocycles. The van der Waals surface area contributed by atoms with Gasteiger partial charge in [-0.2, -0.15) is 0 Å². The summed E-state index contributed by atoms with van der Waals surface area (Å²) in [5.74, 6) is 0. The van der Waals surface area contributed by atoms with Gasteiger partial charge in [-0.3, -0.25) is 0 Å². The second-order valence-corrected chi connectivity index (χ2v) is 15.3. The van der Waals surface area contributed by atoms with Crippen LogP contribution in [0.25, 0.3) is 87.6 Å². The molecule has 0 aromatic heterocycles. The second kappa shape index (κ2) is 14.6. The highest BCUT2D eigenvalue weighted by Gasteiger charge is 2.20. The molecule has 11 aromatic rings. The van der Waals surface area contributed by atoms with Gasteiger partial charge in [0.2, 0.25) is 0 Å². The molecule has 0 heterocycles. The van der Waals surface area contributed by atoms with Crippen LogP contribution in [0.3, 0.4) is 0 Å². The van der Waals surface area contributed by atoms with Gasteiger partial charge in [-0.15, -0.1) is 0 Å². The summed E-state index contributed by atoms with van der Waals surface area (Å²) < 4.78 is 0. The maximum absolute atomic E-state index is 2.43. The highest BCUT2D eigenvalue weighted by molar-refractivity contribution is 6.15. The number of rotatable bonds is 7. The number of anilines is 3. The zero-order valence-electron chi connectivity index (χ0n) is 32.5. The largest absolute Gasteiger partial charge is 0.310 e. The van der Waals surface area contributed by atoms with Crippen molar-refractivity contribution in [2.24, 2.45) is 0 Å². The quantitative estimate of drug-likeness (QED) is 0.147. The lowest BCUT2D eigenvalue weighted by Gasteiger charge is -2.28. The summed E-state index contributed by atoms with van der Waals surface area (Å²) >= 11 is 0. The molecular weight excluding hydrogens is 711 g/mol. The summed E-state index contributed by atoms with van der Waals surface area (Å²) in [6.45, 7) is 0. The van der Waals surface area contributed by atoms with E-state index >= 15 is 0 Å². The summed E-state index contributed by atoms with van der Waals surface area (Å²) in [6.07, 6.45) is 0. The third-order valence-electron chi connectivity index (χ3n) is 11.8. The summed E-state index contributed by atoms with van der Waals surface area (Å²) in [7, 11) is 0. The minimum Gasteiger partial charge on any atom is -0.310 e. The van der Waals surface area contributed by atoms with Crippen LogP contribution in [0.1, 0.15) is 0 Å². The standard InChI is InChI=1S/C58H39N/c1-3-15-40(16-4-1)42-29-31-48(32-30-42)59(50-36-45-21-9-12-24-52(45)56(39-50)43-18-5-2-6-19-43)49-33-34-55(57(38-49)47-28-27-41-17-7-8-20-44(41)35-47)58-37-46-22-10-11-23-51(46)53-25-13-14-26-54(53)58/h1-39H. The Bertz CT molecular complexity index is 3310. The molecule has 276 valence electrons. The lowest BCUT2D eigenvalue weighted by atomic mass is 9.88. The van der Waals surface area contributed by atoms with Crippen molar-refractivity contribution < 1.29 is 0 Å². The molecule has 0 amide bonds. The topological polar surface area (TPSA) is 3.24 Å². The van der Waals surface area contributed by atoms with Crippen LogP contribution in [0.5, 0.6) is 0 Å². The van der Waals surface area contributed by atoms with E-state index < -0.39 is 0 Å². The van der Waals surface area contributed by atoms with E-state index in [0.717, 1.165) is 17.1 Å². The summed E-state index contributed by atoms with van der Waals surface area (Å²) in [6, 6.07) is 86.5. The molecule has 11 rings (SSSR count). The fraction of sp³-hybridized carbons (Fsp3) is 0. The van der Waals surface area contributed by atoms with Gasteiger partial charge in [0, 0.05) is 17.1 Å². The molecule has 0 atom stereocenters. The van der Waals surface area contributed by atoms with Crippen LogP contribution in [-0.2, 0) is 0 Å². The van der Waals surface area contributed by atoms with Gasteiger partial charge in [0.1, 0.15) is 0 Å². The zero-order chi connectivity index (χ0) is 39.1. The Morgan fingerprint density at radius 2 is 0.729 bits per heavy atom. The van der Waals surface area contributed by atoms with Crippen LogP contribution in [-0.4, -0.2) is 0 Å². The molecule has 0 aliphatic heterocycles. The van der Waals surface area contributed by atoms with Crippen LogP contribution < -0.4 is 4.90 Å². The molecule has 0 saturated carbocycles. The normalized spacial score (nSPS) is 11.4. The second-order valence-electron chi connectivity index (χ2n) is 15.3. The van der Waals surface area contributed by atoms with Gasteiger partial charge < -0.3 is 4.90 Å². The summed E-state index contributed by atoms with van der Waals surface area (Å²) in [4.78, 5) is 2.43. The van der Waals surface area contributed by atoms with E-state index in [-0.39, 0.29) is 0 Å². The molecule has 0 bridgehead atoms. The van der Waals surface area contributed by atoms with Crippen molar-refractivity contribution >= 4 is 60.2 Å². The van der Waals surface area contributed by atoms with Crippen molar-refractivity contribution in [1.82, 2.24) is 0 Å². The van der Waals surface area contributed by atoms with Crippen LogP contribution >= 0.6 is 0 Å². The third kappa shape index (κ3) is 6.30. The Balaban J connectivity index is 1.18. The van der Waals surface area contributed by atoms with Gasteiger partial charge in [0.05, 0.1) is 0 Å². The van der Waals surface area contributed by atoms with Crippen molar-refractivity contribution in [1.29, 1.82) is 0 Å². The molecule has 0 N–H and O–H groups in total. The number of benzene rings is 11. The first-order valence-corrected chi connectivity index (χ1v) is 20.3. The molecule has 0 spiro atoms. The summed E-state index contributed by atoms with van der Waals surface area (Å²) in [5.41, 5.74) is 12.9. The van der Waals surface area contributed by atoms with E-state index in [1.807, 2.05) is 0 Å². The minimum atomic E-state index is 1.09. The highest BCUT2D eigenvalue weighted by atomic mass is 15.1. The van der Waals surface area contributed by atoms with E-state index in [1.165, 1.54) is 87.6 Å². The Kier molecular flexibility index (Phi) is 8.56. The number of fused-ring (bicyclic) bond motifs is 5. The number of hydrogen-bond acceptors (Lipinski definition) is 1. The van der Waals surface area contributed by atoms with E-state index in [9.17, 15) is 0 Å². The first-order chi connectivity index (χ1) is 29.2. The first kappa shape index (κ1) is 34.5. The van der Waals surface area contributed by atoms with Crippen molar-refractivity contribution in [3.63, 3.8) is 0 Å². The third-order valence-corrected chi connectivity index (χ3v) is 11.8. The van der Waals surface area contributed by atoms with Gasteiger partial charge in [0.25, 0.3) is 0 Å². The Hall–Kier alpha value is -7.74. The molecule has 0 radical (unpaired) electrons. The van der Waals surface area contributed by atoms with Gasteiger partial charge in [-0.1, -0.05) is 188 Å². The predicted molar refractivity (Wildman–Crippen MR) is 253 cm³/mol. The molecule has 11 aromatic carbocycles. The predicted octanol–water partition coefficient (Wildman–Crippen LogP) is 16.4. The molecule has 1 heteroatoms. The van der Waals surface area contributed by atoms with Gasteiger partial charge in [0.15, 0.2) is 0 Å². The molecule has 1 nitrogen and oxygen atoms in total. The lowest BCUT2D eigenvalue weighted by Crippen LogP contribution is -2.10. The van der Waals surface area contributed by atoms with Crippen molar-refractivity contribution in [3.8, 4) is 44.5 Å². The van der Waals surface area contributed by atoms with Crippen molar-refractivity contribution in [2.45, 2.75) is 0 Å². The number of hydrogen-bond donors (Lipinski definition) is 0. The molecule has 59 heavy (non-hydrogen) atoms. The van der Waals surface area contributed by atoms with E-state index in [0.29, 0.717) is 0 Å². The minimum absolute atomic E-state index is 1.09. The number of nitrogens with zero attached hydrogens (tertiary/aromatic N) is 1. The lowest BCUT2D eigenvalue weighted by molar-refractivity contribution is 1.29. The fourth-order valence-electron chi connectivity index (χ4n) is 8.94. The summed E-state index contributed by atoms with van der Waals surface area (Å²) in [5, 5.41) is 9.90. The molecule has 0 saturated heterocycles.